The number of nitrogens with one attached hydrogen (secondary N) is 1. The van der Waals surface area contributed by atoms with E-state index in [1.807, 2.05) is 12.1 Å². The fraction of sp³-hybridized carbons (Fsp3) is 0.333. The molecular formula is C33H32F3N5O. The first-order valence-electron chi connectivity index (χ1n) is 14.5. The number of aromatic nitrogens is 2. The Kier molecular flexibility index (Phi) is 6.98. The van der Waals surface area contributed by atoms with Crippen LogP contribution in [0.5, 0.6) is 5.75 Å². The van der Waals surface area contributed by atoms with Crippen LogP contribution in [-0.2, 0) is 6.42 Å². The minimum Gasteiger partial charge on any atom is -0.486 e. The van der Waals surface area contributed by atoms with E-state index in [4.69, 9.17) is 4.74 Å². The highest BCUT2D eigenvalue weighted by molar-refractivity contribution is 5.73. The standard InChI is InChI=1S/C33H32F3N5O/c1-40-12-10-21(11-13-40)24-8-7-23(18-26(24)34)38-33-37-19-28(36)31(39-33)22-16-27(35)32-30(17-22)41(14-15-42-32)29-9-6-20-4-2-3-5-25(20)29/h2-5,7-8,16-19,21,29H,6,9-15H2,1H3,(H,37,38,39). The van der Waals surface area contributed by atoms with Gasteiger partial charge in [-0.2, -0.15) is 0 Å². The molecule has 3 aromatic carbocycles. The fourth-order valence-electron chi connectivity index (χ4n) is 6.63. The number of fused-ring (bicyclic) bond motifs is 2. The van der Waals surface area contributed by atoms with Crippen molar-refractivity contribution in [1.29, 1.82) is 0 Å². The van der Waals surface area contributed by atoms with Crippen molar-refractivity contribution in [2.24, 2.45) is 0 Å². The van der Waals surface area contributed by atoms with Crippen LogP contribution in [-0.4, -0.2) is 48.2 Å². The molecule has 4 aromatic rings. The van der Waals surface area contributed by atoms with Crippen molar-refractivity contribution in [2.45, 2.75) is 37.6 Å². The first-order chi connectivity index (χ1) is 20.4. The molecule has 3 heterocycles. The zero-order valence-electron chi connectivity index (χ0n) is 23.4. The largest absolute Gasteiger partial charge is 0.486 e. The zero-order chi connectivity index (χ0) is 28.8. The normalized spacial score (nSPS) is 18.9. The summed E-state index contributed by atoms with van der Waals surface area (Å²) in [4.78, 5) is 12.9. The van der Waals surface area contributed by atoms with Crippen LogP contribution in [0.1, 0.15) is 47.9 Å². The molecule has 1 N–H and O–H groups in total. The minimum absolute atomic E-state index is 0.0463. The molecule has 9 heteroatoms. The van der Waals surface area contributed by atoms with Crippen LogP contribution in [0, 0.1) is 17.5 Å². The second-order valence-corrected chi connectivity index (χ2v) is 11.4. The number of piperidine rings is 1. The average molecular weight is 572 g/mol. The third-order valence-electron chi connectivity index (χ3n) is 8.82. The van der Waals surface area contributed by atoms with E-state index < -0.39 is 11.6 Å². The smallest absolute Gasteiger partial charge is 0.227 e. The number of benzene rings is 3. The highest BCUT2D eigenvalue weighted by Gasteiger charge is 2.33. The quantitative estimate of drug-likeness (QED) is 0.278. The molecule has 1 atom stereocenters. The fourth-order valence-corrected chi connectivity index (χ4v) is 6.63. The molecule has 6 nitrogen and oxygen atoms in total. The van der Waals surface area contributed by atoms with Gasteiger partial charge in [0.25, 0.3) is 0 Å². The number of anilines is 3. The Hall–Kier alpha value is -4.11. The van der Waals surface area contributed by atoms with Gasteiger partial charge in [0, 0.05) is 11.3 Å². The second-order valence-electron chi connectivity index (χ2n) is 11.4. The van der Waals surface area contributed by atoms with Gasteiger partial charge in [0.1, 0.15) is 18.1 Å². The van der Waals surface area contributed by atoms with Crippen molar-refractivity contribution in [2.75, 3.05) is 43.5 Å². The number of hydrogen-bond acceptors (Lipinski definition) is 6. The van der Waals surface area contributed by atoms with E-state index >= 15 is 13.2 Å². The maximum atomic E-state index is 15.4. The Bertz CT molecular complexity index is 1640. The van der Waals surface area contributed by atoms with Gasteiger partial charge in [0.05, 0.1) is 24.5 Å². The molecule has 0 saturated carbocycles. The molecule has 3 aliphatic rings. The third kappa shape index (κ3) is 4.96. The predicted molar refractivity (Wildman–Crippen MR) is 157 cm³/mol. The van der Waals surface area contributed by atoms with Gasteiger partial charge in [0.15, 0.2) is 17.4 Å². The number of nitrogens with zero attached hydrogens (tertiary/aromatic N) is 4. The van der Waals surface area contributed by atoms with Crippen molar-refractivity contribution >= 4 is 17.3 Å². The molecule has 0 bridgehead atoms. The second kappa shape index (κ2) is 10.9. The molecule has 0 radical (unpaired) electrons. The lowest BCUT2D eigenvalue weighted by Crippen LogP contribution is -2.35. The maximum absolute atomic E-state index is 15.4. The van der Waals surface area contributed by atoms with Crippen LogP contribution in [0.15, 0.2) is 60.8 Å². The zero-order valence-corrected chi connectivity index (χ0v) is 23.4. The van der Waals surface area contributed by atoms with Gasteiger partial charge in [-0.05, 0) is 92.7 Å². The summed E-state index contributed by atoms with van der Waals surface area (Å²) in [5.41, 5.74) is 4.49. The molecular weight excluding hydrogens is 539 g/mol. The van der Waals surface area contributed by atoms with E-state index in [0.29, 0.717) is 30.1 Å². The summed E-state index contributed by atoms with van der Waals surface area (Å²) in [5, 5.41) is 2.99. The average Bonchev–Trinajstić information content (AvgIpc) is 3.43. The van der Waals surface area contributed by atoms with Gasteiger partial charge < -0.3 is 19.9 Å². The van der Waals surface area contributed by atoms with Crippen molar-refractivity contribution < 1.29 is 17.9 Å². The van der Waals surface area contributed by atoms with Crippen LogP contribution in [0.25, 0.3) is 11.3 Å². The summed E-state index contributed by atoms with van der Waals surface area (Å²) < 4.78 is 51.4. The summed E-state index contributed by atoms with van der Waals surface area (Å²) in [6, 6.07) is 16.4. The highest BCUT2D eigenvalue weighted by atomic mass is 19.1. The van der Waals surface area contributed by atoms with E-state index in [-0.39, 0.29) is 40.7 Å². The summed E-state index contributed by atoms with van der Waals surface area (Å²) in [5.74, 6) is -1.10. The van der Waals surface area contributed by atoms with Gasteiger partial charge in [-0.3, -0.25) is 0 Å². The van der Waals surface area contributed by atoms with Crippen molar-refractivity contribution in [3.05, 3.63) is 94.9 Å². The predicted octanol–water partition coefficient (Wildman–Crippen LogP) is 7.00. The number of likely N-dealkylation sites (tertiary alicyclic amines) is 1. The van der Waals surface area contributed by atoms with Crippen LogP contribution < -0.4 is 15.0 Å². The third-order valence-corrected chi connectivity index (χ3v) is 8.82. The van der Waals surface area contributed by atoms with Gasteiger partial charge in [-0.1, -0.05) is 30.3 Å². The van der Waals surface area contributed by atoms with Crippen LogP contribution in [0.3, 0.4) is 0 Å². The first kappa shape index (κ1) is 26.8. The van der Waals surface area contributed by atoms with Crippen molar-refractivity contribution in [3.8, 4) is 17.0 Å². The SMILES string of the molecule is CN1CCC(c2ccc(Nc3ncc(F)c(-c4cc(F)c5c(c4)N(C4CCc6ccccc64)CCO5)n3)cc2F)CC1. The Morgan fingerprint density at radius 3 is 2.55 bits per heavy atom. The molecule has 216 valence electrons. The highest BCUT2D eigenvalue weighted by Crippen LogP contribution is 2.45. The monoisotopic (exact) mass is 571 g/mol. The molecule has 42 heavy (non-hydrogen) atoms. The van der Waals surface area contributed by atoms with Crippen molar-refractivity contribution in [1.82, 2.24) is 14.9 Å². The molecule has 7 rings (SSSR count). The van der Waals surface area contributed by atoms with Crippen LogP contribution in [0.4, 0.5) is 30.5 Å². The molecule has 1 unspecified atom stereocenters. The molecule has 1 saturated heterocycles. The van der Waals surface area contributed by atoms with E-state index in [1.54, 1.807) is 18.2 Å². The number of ether oxygens (including phenoxy) is 1. The lowest BCUT2D eigenvalue weighted by Gasteiger charge is -2.36. The Labute approximate surface area is 243 Å². The van der Waals surface area contributed by atoms with Crippen LogP contribution >= 0.6 is 0 Å². The number of aryl methyl sites for hydroxylation is 1. The van der Waals surface area contributed by atoms with Crippen molar-refractivity contribution in [3.63, 3.8) is 0 Å². The molecule has 1 fully saturated rings. The Morgan fingerprint density at radius 2 is 1.71 bits per heavy atom. The van der Waals surface area contributed by atoms with E-state index in [2.05, 4.69) is 44.3 Å². The van der Waals surface area contributed by atoms with E-state index in [1.165, 1.54) is 23.3 Å². The lowest BCUT2D eigenvalue weighted by molar-refractivity contribution is 0.253. The summed E-state index contributed by atoms with van der Waals surface area (Å²) in [6.45, 7) is 2.84. The molecule has 2 aliphatic heterocycles. The number of rotatable bonds is 5. The van der Waals surface area contributed by atoms with Gasteiger partial charge in [0.2, 0.25) is 5.95 Å². The van der Waals surface area contributed by atoms with Crippen LogP contribution in [0.2, 0.25) is 0 Å². The molecule has 1 aliphatic carbocycles. The summed E-state index contributed by atoms with van der Waals surface area (Å²) >= 11 is 0. The molecule has 0 amide bonds. The summed E-state index contributed by atoms with van der Waals surface area (Å²) in [6.07, 6.45) is 4.74. The molecule has 0 spiro atoms. The van der Waals surface area contributed by atoms with E-state index in [9.17, 15) is 0 Å². The lowest BCUT2D eigenvalue weighted by atomic mass is 9.89. The Balaban J connectivity index is 1.17. The molecule has 1 aromatic heterocycles. The first-order valence-corrected chi connectivity index (χ1v) is 14.5. The number of halogens is 3. The van der Waals surface area contributed by atoms with Gasteiger partial charge in [-0.15, -0.1) is 0 Å². The maximum Gasteiger partial charge on any atom is 0.227 e. The number of hydrogen-bond donors (Lipinski definition) is 1. The minimum atomic E-state index is -0.682. The summed E-state index contributed by atoms with van der Waals surface area (Å²) in [7, 11) is 2.08. The van der Waals surface area contributed by atoms with Gasteiger partial charge in [-0.25, -0.2) is 23.1 Å². The van der Waals surface area contributed by atoms with Gasteiger partial charge >= 0.3 is 0 Å². The topological polar surface area (TPSA) is 53.5 Å². The Morgan fingerprint density at radius 1 is 0.881 bits per heavy atom. The van der Waals surface area contributed by atoms with E-state index in [0.717, 1.165) is 45.0 Å².